The number of benzene rings is 1. The average Bonchev–Trinajstić information content (AvgIpc) is 2.74. The molecule has 0 radical (unpaired) electrons. The van der Waals surface area contributed by atoms with Gasteiger partial charge in [0.05, 0.1) is 18.1 Å². The molecule has 0 unspecified atom stereocenters. The maximum Gasteiger partial charge on any atom is 0.331 e. The minimum Gasteiger partial charge on any atom is -0.470 e. The highest BCUT2D eigenvalue weighted by Gasteiger charge is 2.23. The molecule has 29 heavy (non-hydrogen) atoms. The highest BCUT2D eigenvalue weighted by molar-refractivity contribution is 5.73. The first-order chi connectivity index (χ1) is 14.0. The van der Waals surface area contributed by atoms with Crippen molar-refractivity contribution in [2.24, 2.45) is 0 Å². The van der Waals surface area contributed by atoms with Gasteiger partial charge in [0.2, 0.25) is 5.91 Å². The van der Waals surface area contributed by atoms with Crippen molar-refractivity contribution < 1.29 is 19.2 Å². The third-order valence-electron chi connectivity index (χ3n) is 4.65. The standard InChI is InChI=1S/C20H24N4O5/c1-16(25)22-9-11-23(12-10-22)19-8-7-18(24(26)27)20(21-19)29-14-13-28-15-17-5-3-2-4-6-17/h2-8H,9-15H2,1H3. The monoisotopic (exact) mass is 400 g/mol. The predicted octanol–water partition coefficient (Wildman–Crippen LogP) is 2.25. The molecule has 3 rings (SSSR count). The molecule has 2 aromatic rings. The predicted molar refractivity (Wildman–Crippen MR) is 107 cm³/mol. The van der Waals surface area contributed by atoms with Gasteiger partial charge in [-0.05, 0) is 11.6 Å². The van der Waals surface area contributed by atoms with Crippen molar-refractivity contribution in [2.45, 2.75) is 13.5 Å². The quantitative estimate of drug-likeness (QED) is 0.381. The largest absolute Gasteiger partial charge is 0.470 e. The summed E-state index contributed by atoms with van der Waals surface area (Å²) < 4.78 is 11.1. The zero-order valence-corrected chi connectivity index (χ0v) is 16.3. The smallest absolute Gasteiger partial charge is 0.331 e. The zero-order valence-electron chi connectivity index (χ0n) is 16.3. The van der Waals surface area contributed by atoms with Crippen molar-refractivity contribution >= 4 is 17.4 Å². The number of ether oxygens (including phenoxy) is 2. The van der Waals surface area contributed by atoms with Crippen molar-refractivity contribution in [3.05, 3.63) is 58.1 Å². The van der Waals surface area contributed by atoms with E-state index >= 15 is 0 Å². The molecule has 0 saturated carbocycles. The molecule has 2 heterocycles. The molecule has 1 amide bonds. The second-order valence-corrected chi connectivity index (χ2v) is 6.63. The molecule has 154 valence electrons. The lowest BCUT2D eigenvalue weighted by Gasteiger charge is -2.34. The van der Waals surface area contributed by atoms with Gasteiger partial charge in [-0.25, -0.2) is 0 Å². The van der Waals surface area contributed by atoms with E-state index in [9.17, 15) is 14.9 Å². The van der Waals surface area contributed by atoms with E-state index in [1.807, 2.05) is 35.2 Å². The van der Waals surface area contributed by atoms with Crippen molar-refractivity contribution in [1.29, 1.82) is 0 Å². The number of carbonyl (C=O) groups is 1. The summed E-state index contributed by atoms with van der Waals surface area (Å²) in [5, 5.41) is 11.3. The molecule has 0 bridgehead atoms. The van der Waals surface area contributed by atoms with Gasteiger partial charge in [0.25, 0.3) is 5.88 Å². The van der Waals surface area contributed by atoms with Crippen LogP contribution >= 0.6 is 0 Å². The zero-order chi connectivity index (χ0) is 20.6. The van der Waals surface area contributed by atoms with Gasteiger partial charge in [-0.3, -0.25) is 14.9 Å². The van der Waals surface area contributed by atoms with Gasteiger partial charge >= 0.3 is 5.69 Å². The summed E-state index contributed by atoms with van der Waals surface area (Å²) in [6.07, 6.45) is 0. The van der Waals surface area contributed by atoms with Gasteiger partial charge in [0.15, 0.2) is 0 Å². The first-order valence-electron chi connectivity index (χ1n) is 9.45. The van der Waals surface area contributed by atoms with E-state index in [1.165, 1.54) is 6.07 Å². The SMILES string of the molecule is CC(=O)N1CCN(c2ccc([N+](=O)[O-])c(OCCOCc3ccccc3)n2)CC1. The molecule has 1 fully saturated rings. The molecular formula is C20H24N4O5. The van der Waals surface area contributed by atoms with E-state index in [0.29, 0.717) is 38.6 Å². The first-order valence-corrected chi connectivity index (χ1v) is 9.45. The number of rotatable bonds is 8. The highest BCUT2D eigenvalue weighted by Crippen LogP contribution is 2.28. The van der Waals surface area contributed by atoms with Crippen LogP contribution in [0, 0.1) is 10.1 Å². The second-order valence-electron chi connectivity index (χ2n) is 6.63. The summed E-state index contributed by atoms with van der Waals surface area (Å²) in [6.45, 7) is 4.85. The topological polar surface area (TPSA) is 98.0 Å². The van der Waals surface area contributed by atoms with Crippen LogP contribution in [0.4, 0.5) is 11.5 Å². The maximum absolute atomic E-state index is 11.5. The summed E-state index contributed by atoms with van der Waals surface area (Å²) in [6, 6.07) is 12.7. The first kappa shape index (κ1) is 20.5. The van der Waals surface area contributed by atoms with Gasteiger partial charge < -0.3 is 19.3 Å². The summed E-state index contributed by atoms with van der Waals surface area (Å²) in [7, 11) is 0. The number of hydrogen-bond donors (Lipinski definition) is 0. The molecular weight excluding hydrogens is 376 g/mol. The Labute approximate surface area is 169 Å². The fraction of sp³-hybridized carbons (Fsp3) is 0.400. The van der Waals surface area contributed by atoms with Crippen LogP contribution in [0.3, 0.4) is 0 Å². The summed E-state index contributed by atoms with van der Waals surface area (Å²) in [4.78, 5) is 30.4. The normalized spacial score (nSPS) is 14.0. The van der Waals surface area contributed by atoms with Crippen molar-refractivity contribution in [1.82, 2.24) is 9.88 Å². The Balaban J connectivity index is 1.57. The molecule has 0 atom stereocenters. The van der Waals surface area contributed by atoms with Crippen LogP contribution in [-0.2, 0) is 16.1 Å². The molecule has 9 nitrogen and oxygen atoms in total. The Bertz CT molecular complexity index is 838. The lowest BCUT2D eigenvalue weighted by molar-refractivity contribution is -0.386. The van der Waals surface area contributed by atoms with Gasteiger partial charge in [-0.1, -0.05) is 30.3 Å². The number of pyridine rings is 1. The number of aromatic nitrogens is 1. The molecule has 1 aromatic carbocycles. The van der Waals surface area contributed by atoms with E-state index in [2.05, 4.69) is 4.98 Å². The van der Waals surface area contributed by atoms with Crippen molar-refractivity contribution in [2.75, 3.05) is 44.3 Å². The Morgan fingerprint density at radius 1 is 1.10 bits per heavy atom. The molecule has 9 heteroatoms. The van der Waals surface area contributed by atoms with Crippen LogP contribution in [0.1, 0.15) is 12.5 Å². The Morgan fingerprint density at radius 2 is 1.83 bits per heavy atom. The molecule has 1 aliphatic rings. The Kier molecular flexibility index (Phi) is 6.96. The van der Waals surface area contributed by atoms with Crippen LogP contribution < -0.4 is 9.64 Å². The number of piperazine rings is 1. The molecule has 0 spiro atoms. The second kappa shape index (κ2) is 9.83. The molecule has 1 aliphatic heterocycles. The molecule has 0 N–H and O–H groups in total. The summed E-state index contributed by atoms with van der Waals surface area (Å²) in [5.41, 5.74) is 0.863. The van der Waals surface area contributed by atoms with Crippen LogP contribution in [0.15, 0.2) is 42.5 Å². The molecule has 1 saturated heterocycles. The minimum absolute atomic E-state index is 0.0233. The number of carbonyl (C=O) groups excluding carboxylic acids is 1. The molecule has 0 aliphatic carbocycles. The van der Waals surface area contributed by atoms with E-state index in [-0.39, 0.29) is 30.7 Å². The number of nitrogens with zero attached hydrogens (tertiary/aromatic N) is 4. The lowest BCUT2D eigenvalue weighted by atomic mass is 10.2. The van der Waals surface area contributed by atoms with Crippen LogP contribution in [0.2, 0.25) is 0 Å². The Morgan fingerprint density at radius 3 is 2.48 bits per heavy atom. The van der Waals surface area contributed by atoms with E-state index in [4.69, 9.17) is 9.47 Å². The van der Waals surface area contributed by atoms with Gasteiger partial charge in [-0.15, -0.1) is 0 Å². The number of anilines is 1. The summed E-state index contributed by atoms with van der Waals surface area (Å²) in [5.74, 6) is 0.615. The van der Waals surface area contributed by atoms with Crippen LogP contribution in [0.25, 0.3) is 0 Å². The van der Waals surface area contributed by atoms with Crippen molar-refractivity contribution in [3.8, 4) is 5.88 Å². The maximum atomic E-state index is 11.5. The third kappa shape index (κ3) is 5.64. The van der Waals surface area contributed by atoms with E-state index in [1.54, 1.807) is 17.9 Å². The fourth-order valence-corrected chi connectivity index (χ4v) is 3.06. The van der Waals surface area contributed by atoms with Gasteiger partial charge in [0.1, 0.15) is 12.4 Å². The van der Waals surface area contributed by atoms with Crippen molar-refractivity contribution in [3.63, 3.8) is 0 Å². The van der Waals surface area contributed by atoms with E-state index < -0.39 is 4.92 Å². The molecule has 1 aromatic heterocycles. The average molecular weight is 400 g/mol. The Hall–Kier alpha value is -3.20. The minimum atomic E-state index is -0.509. The number of nitro groups is 1. The lowest BCUT2D eigenvalue weighted by Crippen LogP contribution is -2.48. The van der Waals surface area contributed by atoms with Gasteiger partial charge in [0, 0.05) is 39.2 Å². The third-order valence-corrected chi connectivity index (χ3v) is 4.65. The van der Waals surface area contributed by atoms with Crippen LogP contribution in [0.5, 0.6) is 5.88 Å². The number of hydrogen-bond acceptors (Lipinski definition) is 7. The number of amides is 1. The fourth-order valence-electron chi connectivity index (χ4n) is 3.06. The summed E-state index contributed by atoms with van der Waals surface area (Å²) >= 11 is 0. The van der Waals surface area contributed by atoms with Crippen LogP contribution in [-0.4, -0.2) is 60.1 Å². The van der Waals surface area contributed by atoms with Gasteiger partial charge in [-0.2, -0.15) is 4.98 Å². The highest BCUT2D eigenvalue weighted by atomic mass is 16.6. The van der Waals surface area contributed by atoms with E-state index in [0.717, 1.165) is 5.56 Å².